The summed E-state index contributed by atoms with van der Waals surface area (Å²) in [5, 5.41) is 0. The van der Waals surface area contributed by atoms with Crippen LogP contribution in [0.4, 0.5) is 0 Å². The van der Waals surface area contributed by atoms with Gasteiger partial charge in [-0.2, -0.15) is 0 Å². The summed E-state index contributed by atoms with van der Waals surface area (Å²) in [7, 11) is 4.59. The van der Waals surface area contributed by atoms with Crippen LogP contribution in [-0.2, 0) is 0 Å². The number of rotatable bonds is 26. The van der Waals surface area contributed by atoms with Crippen molar-refractivity contribution >= 4 is 0 Å². The molecule has 0 aliphatic rings. The zero-order valence-electron chi connectivity index (χ0n) is 22.7. The van der Waals surface area contributed by atoms with Gasteiger partial charge in [0.25, 0.3) is 0 Å². The summed E-state index contributed by atoms with van der Waals surface area (Å²) in [5.41, 5.74) is 0. The Labute approximate surface area is 199 Å². The molecule has 1 nitrogen and oxygen atoms in total. The lowest BCUT2D eigenvalue weighted by atomic mass is 9.99. The lowest BCUT2D eigenvalue weighted by Crippen LogP contribution is -2.27. The SMILES string of the molecule is CCCCCCCCCCCCCCCCC(CCCCCCCCCCC)N(C)C. The highest BCUT2D eigenvalue weighted by Gasteiger charge is 2.10. The highest BCUT2D eigenvalue weighted by molar-refractivity contribution is 4.67. The van der Waals surface area contributed by atoms with Gasteiger partial charge in [-0.3, -0.25) is 0 Å². The highest BCUT2D eigenvalue weighted by atomic mass is 15.1. The van der Waals surface area contributed by atoms with Crippen molar-refractivity contribution in [2.75, 3.05) is 14.1 Å². The molecule has 31 heavy (non-hydrogen) atoms. The van der Waals surface area contributed by atoms with Crippen molar-refractivity contribution in [3.05, 3.63) is 0 Å². The third-order valence-electron chi connectivity index (χ3n) is 7.26. The third kappa shape index (κ3) is 24.4. The van der Waals surface area contributed by atoms with Crippen LogP contribution in [0, 0.1) is 0 Å². The molecule has 188 valence electrons. The number of nitrogens with zero attached hydrogens (tertiary/aromatic N) is 1. The van der Waals surface area contributed by atoms with E-state index in [-0.39, 0.29) is 0 Å². The highest BCUT2D eigenvalue weighted by Crippen LogP contribution is 2.18. The molecule has 0 aliphatic heterocycles. The molecular weight excluding hydrogens is 374 g/mol. The van der Waals surface area contributed by atoms with E-state index in [0.29, 0.717) is 0 Å². The molecule has 0 spiro atoms. The fourth-order valence-corrected chi connectivity index (χ4v) is 4.93. The fourth-order valence-electron chi connectivity index (χ4n) is 4.93. The summed E-state index contributed by atoms with van der Waals surface area (Å²) in [6, 6.07) is 0.821. The Morgan fingerprint density at radius 1 is 0.355 bits per heavy atom. The Hall–Kier alpha value is -0.0400. The van der Waals surface area contributed by atoms with Gasteiger partial charge in [0.1, 0.15) is 0 Å². The summed E-state index contributed by atoms with van der Waals surface area (Å²) in [5.74, 6) is 0. The molecule has 0 rings (SSSR count). The lowest BCUT2D eigenvalue weighted by Gasteiger charge is -2.24. The second-order valence-electron chi connectivity index (χ2n) is 10.6. The summed E-state index contributed by atoms with van der Waals surface area (Å²) >= 11 is 0. The zero-order valence-corrected chi connectivity index (χ0v) is 22.7. The first kappa shape index (κ1) is 31.0. The maximum Gasteiger partial charge on any atom is 0.00891 e. The van der Waals surface area contributed by atoms with Crippen LogP contribution in [0.25, 0.3) is 0 Å². The predicted octanol–water partition coefficient (Wildman–Crippen LogP) is 10.7. The largest absolute Gasteiger partial charge is 0.306 e. The van der Waals surface area contributed by atoms with Gasteiger partial charge in [0.15, 0.2) is 0 Å². The lowest BCUT2D eigenvalue weighted by molar-refractivity contribution is 0.251. The van der Waals surface area contributed by atoms with Crippen LogP contribution in [-0.4, -0.2) is 25.0 Å². The Morgan fingerprint density at radius 2 is 0.581 bits per heavy atom. The first-order valence-corrected chi connectivity index (χ1v) is 14.9. The van der Waals surface area contributed by atoms with Crippen LogP contribution in [0.3, 0.4) is 0 Å². The van der Waals surface area contributed by atoms with Crippen LogP contribution < -0.4 is 0 Å². The van der Waals surface area contributed by atoms with E-state index in [1.165, 1.54) is 161 Å². The standard InChI is InChI=1S/C30H63N/c1-5-7-9-11-13-15-16-17-18-19-21-23-25-27-29-30(31(3)4)28-26-24-22-20-14-12-10-8-6-2/h30H,5-29H2,1-4H3. The van der Waals surface area contributed by atoms with Crippen molar-refractivity contribution in [1.82, 2.24) is 4.90 Å². The summed E-state index contributed by atoms with van der Waals surface area (Å²) in [6.45, 7) is 4.61. The van der Waals surface area contributed by atoms with E-state index in [9.17, 15) is 0 Å². The van der Waals surface area contributed by atoms with Gasteiger partial charge in [0, 0.05) is 6.04 Å². The van der Waals surface area contributed by atoms with E-state index in [4.69, 9.17) is 0 Å². The Balaban J connectivity index is 3.39. The number of hydrogen-bond donors (Lipinski definition) is 0. The van der Waals surface area contributed by atoms with Gasteiger partial charge in [-0.15, -0.1) is 0 Å². The second kappa shape index (κ2) is 26.2. The molecular formula is C30H63N. The molecule has 0 saturated heterocycles. The first-order valence-electron chi connectivity index (χ1n) is 14.9. The molecule has 0 aromatic carbocycles. The monoisotopic (exact) mass is 437 g/mol. The average molecular weight is 438 g/mol. The minimum atomic E-state index is 0.821. The molecule has 0 aliphatic carbocycles. The second-order valence-corrected chi connectivity index (χ2v) is 10.6. The van der Waals surface area contributed by atoms with E-state index in [0.717, 1.165) is 6.04 Å². The van der Waals surface area contributed by atoms with E-state index in [2.05, 4.69) is 32.8 Å². The van der Waals surface area contributed by atoms with Gasteiger partial charge < -0.3 is 4.90 Å². The van der Waals surface area contributed by atoms with Crippen LogP contribution >= 0.6 is 0 Å². The van der Waals surface area contributed by atoms with E-state index < -0.39 is 0 Å². The van der Waals surface area contributed by atoms with Crippen molar-refractivity contribution < 1.29 is 0 Å². The molecule has 0 heterocycles. The molecule has 1 heteroatoms. The van der Waals surface area contributed by atoms with Gasteiger partial charge in [-0.25, -0.2) is 0 Å². The zero-order chi connectivity index (χ0) is 22.8. The molecule has 0 fully saturated rings. The van der Waals surface area contributed by atoms with Crippen LogP contribution in [0.5, 0.6) is 0 Å². The molecule has 0 radical (unpaired) electrons. The minimum Gasteiger partial charge on any atom is -0.306 e. The topological polar surface area (TPSA) is 3.24 Å². The minimum absolute atomic E-state index is 0.821. The van der Waals surface area contributed by atoms with Crippen LogP contribution in [0.1, 0.15) is 174 Å². The molecule has 0 N–H and O–H groups in total. The van der Waals surface area contributed by atoms with Gasteiger partial charge >= 0.3 is 0 Å². The molecule has 0 aromatic heterocycles. The Morgan fingerprint density at radius 3 is 0.806 bits per heavy atom. The quantitative estimate of drug-likeness (QED) is 0.122. The van der Waals surface area contributed by atoms with Crippen molar-refractivity contribution in [3.63, 3.8) is 0 Å². The van der Waals surface area contributed by atoms with E-state index >= 15 is 0 Å². The van der Waals surface area contributed by atoms with Gasteiger partial charge in [0.05, 0.1) is 0 Å². The van der Waals surface area contributed by atoms with Gasteiger partial charge in [-0.1, -0.05) is 162 Å². The van der Waals surface area contributed by atoms with Crippen molar-refractivity contribution in [2.24, 2.45) is 0 Å². The van der Waals surface area contributed by atoms with Crippen LogP contribution in [0.2, 0.25) is 0 Å². The maximum atomic E-state index is 2.49. The first-order chi connectivity index (χ1) is 15.2. The third-order valence-corrected chi connectivity index (χ3v) is 7.26. The van der Waals surface area contributed by atoms with E-state index in [1.54, 1.807) is 0 Å². The summed E-state index contributed by atoms with van der Waals surface area (Å²) < 4.78 is 0. The van der Waals surface area contributed by atoms with Crippen molar-refractivity contribution in [2.45, 2.75) is 180 Å². The maximum absolute atomic E-state index is 2.49. The average Bonchev–Trinajstić information content (AvgIpc) is 2.76. The summed E-state index contributed by atoms with van der Waals surface area (Å²) in [6.07, 6.45) is 36.3. The fraction of sp³-hybridized carbons (Fsp3) is 1.00. The van der Waals surface area contributed by atoms with Gasteiger partial charge in [0.2, 0.25) is 0 Å². The van der Waals surface area contributed by atoms with Crippen LogP contribution in [0.15, 0.2) is 0 Å². The van der Waals surface area contributed by atoms with Crippen molar-refractivity contribution in [1.29, 1.82) is 0 Å². The molecule has 0 amide bonds. The normalized spacial score (nSPS) is 12.7. The Kier molecular flexibility index (Phi) is 26.2. The molecule has 0 saturated carbocycles. The Bertz CT molecular complexity index is 312. The van der Waals surface area contributed by atoms with E-state index in [1.807, 2.05) is 0 Å². The summed E-state index contributed by atoms with van der Waals surface area (Å²) in [4.78, 5) is 2.49. The molecule has 1 unspecified atom stereocenters. The predicted molar refractivity (Wildman–Crippen MR) is 144 cm³/mol. The number of hydrogen-bond acceptors (Lipinski definition) is 1. The number of unbranched alkanes of at least 4 members (excludes halogenated alkanes) is 21. The molecule has 0 bridgehead atoms. The molecule has 1 atom stereocenters. The van der Waals surface area contributed by atoms with Gasteiger partial charge in [-0.05, 0) is 26.9 Å². The van der Waals surface area contributed by atoms with Crippen molar-refractivity contribution in [3.8, 4) is 0 Å². The smallest absolute Gasteiger partial charge is 0.00891 e. The molecule has 0 aromatic rings.